The number of pyridine rings is 1. The average Bonchev–Trinajstić information content (AvgIpc) is 2.30. The molecule has 0 aromatic carbocycles. The van der Waals surface area contributed by atoms with Gasteiger partial charge in [0.1, 0.15) is 5.82 Å². The summed E-state index contributed by atoms with van der Waals surface area (Å²) >= 11 is 0. The standard InChI is InChI=1S/C12H16N2O/c1-3-11-5-4-10(2)13-12(11)14-6-8-15-9-7-14/h3-5H,1,6-9H2,2H3. The van der Waals surface area contributed by atoms with Crippen molar-refractivity contribution in [2.75, 3.05) is 31.2 Å². The van der Waals surface area contributed by atoms with Crippen molar-refractivity contribution in [3.05, 3.63) is 30.0 Å². The molecule has 1 saturated heterocycles. The van der Waals surface area contributed by atoms with E-state index < -0.39 is 0 Å². The summed E-state index contributed by atoms with van der Waals surface area (Å²) in [5.74, 6) is 1.04. The molecule has 0 unspecified atom stereocenters. The first-order chi connectivity index (χ1) is 7.31. The Labute approximate surface area is 90.4 Å². The Kier molecular flexibility index (Phi) is 3.02. The molecule has 15 heavy (non-hydrogen) atoms. The third kappa shape index (κ3) is 2.18. The predicted octanol–water partition coefficient (Wildman–Crippen LogP) is 1.87. The lowest BCUT2D eigenvalue weighted by molar-refractivity contribution is 0.122. The summed E-state index contributed by atoms with van der Waals surface area (Å²) in [7, 11) is 0. The first-order valence-electron chi connectivity index (χ1n) is 5.24. The Morgan fingerprint density at radius 3 is 2.80 bits per heavy atom. The van der Waals surface area contributed by atoms with Crippen molar-refractivity contribution < 1.29 is 4.74 Å². The molecule has 0 radical (unpaired) electrons. The highest BCUT2D eigenvalue weighted by Gasteiger charge is 2.14. The van der Waals surface area contributed by atoms with Crippen LogP contribution >= 0.6 is 0 Å². The van der Waals surface area contributed by atoms with Gasteiger partial charge in [-0.3, -0.25) is 0 Å². The topological polar surface area (TPSA) is 25.4 Å². The van der Waals surface area contributed by atoms with Gasteiger partial charge in [-0.05, 0) is 19.1 Å². The summed E-state index contributed by atoms with van der Waals surface area (Å²) in [6.07, 6.45) is 1.86. The van der Waals surface area contributed by atoms with Gasteiger partial charge in [-0.25, -0.2) is 4.98 Å². The van der Waals surface area contributed by atoms with Gasteiger partial charge in [0.05, 0.1) is 13.2 Å². The minimum atomic E-state index is 0.784. The van der Waals surface area contributed by atoms with Crippen molar-refractivity contribution in [1.29, 1.82) is 0 Å². The number of aromatic nitrogens is 1. The quantitative estimate of drug-likeness (QED) is 0.735. The highest BCUT2D eigenvalue weighted by Crippen LogP contribution is 2.20. The van der Waals surface area contributed by atoms with Crippen LogP contribution in [0.5, 0.6) is 0 Å². The molecular formula is C12H16N2O. The van der Waals surface area contributed by atoms with Gasteiger partial charge in [-0.1, -0.05) is 12.7 Å². The van der Waals surface area contributed by atoms with Crippen molar-refractivity contribution in [3.8, 4) is 0 Å². The SMILES string of the molecule is C=Cc1ccc(C)nc1N1CCOCC1. The molecule has 2 rings (SSSR count). The molecule has 0 atom stereocenters. The predicted molar refractivity (Wildman–Crippen MR) is 62.1 cm³/mol. The Bertz CT molecular complexity index is 357. The van der Waals surface area contributed by atoms with Gasteiger partial charge in [0.25, 0.3) is 0 Å². The Morgan fingerprint density at radius 2 is 2.13 bits per heavy atom. The Hall–Kier alpha value is -1.35. The number of hydrogen-bond acceptors (Lipinski definition) is 3. The molecular weight excluding hydrogens is 188 g/mol. The van der Waals surface area contributed by atoms with Gasteiger partial charge >= 0.3 is 0 Å². The molecule has 80 valence electrons. The van der Waals surface area contributed by atoms with E-state index in [0.29, 0.717) is 0 Å². The Morgan fingerprint density at radius 1 is 1.40 bits per heavy atom. The van der Waals surface area contributed by atoms with Crippen LogP contribution in [0.2, 0.25) is 0 Å². The van der Waals surface area contributed by atoms with Crippen molar-refractivity contribution in [3.63, 3.8) is 0 Å². The molecule has 1 aromatic rings. The minimum absolute atomic E-state index is 0.784. The van der Waals surface area contributed by atoms with Crippen LogP contribution in [0, 0.1) is 6.92 Å². The molecule has 1 aliphatic heterocycles. The van der Waals surface area contributed by atoms with E-state index in [2.05, 4.69) is 22.5 Å². The lowest BCUT2D eigenvalue weighted by atomic mass is 10.2. The second-order valence-electron chi connectivity index (χ2n) is 3.67. The molecule has 2 heterocycles. The van der Waals surface area contributed by atoms with E-state index in [4.69, 9.17) is 4.74 Å². The van der Waals surface area contributed by atoms with E-state index in [1.54, 1.807) is 0 Å². The fraction of sp³-hybridized carbons (Fsp3) is 0.417. The van der Waals surface area contributed by atoms with Gasteiger partial charge in [-0.2, -0.15) is 0 Å². The van der Waals surface area contributed by atoms with Crippen LogP contribution in [0.4, 0.5) is 5.82 Å². The van der Waals surface area contributed by atoms with E-state index in [0.717, 1.165) is 43.4 Å². The molecule has 1 fully saturated rings. The van der Waals surface area contributed by atoms with Gasteiger partial charge in [-0.15, -0.1) is 0 Å². The third-order valence-electron chi connectivity index (χ3n) is 2.58. The fourth-order valence-electron chi connectivity index (χ4n) is 1.74. The number of anilines is 1. The summed E-state index contributed by atoms with van der Waals surface area (Å²) in [6, 6.07) is 4.08. The second-order valence-corrected chi connectivity index (χ2v) is 3.67. The number of rotatable bonds is 2. The van der Waals surface area contributed by atoms with Crippen molar-refractivity contribution in [2.24, 2.45) is 0 Å². The van der Waals surface area contributed by atoms with Crippen LogP contribution in [-0.4, -0.2) is 31.3 Å². The molecule has 0 amide bonds. The number of aryl methyl sites for hydroxylation is 1. The van der Waals surface area contributed by atoms with Crippen molar-refractivity contribution >= 4 is 11.9 Å². The molecule has 3 nitrogen and oxygen atoms in total. The molecule has 1 aliphatic rings. The zero-order chi connectivity index (χ0) is 10.7. The molecule has 0 N–H and O–H groups in total. The zero-order valence-electron chi connectivity index (χ0n) is 9.07. The van der Waals surface area contributed by atoms with Gasteiger partial charge in [0.2, 0.25) is 0 Å². The number of morpholine rings is 1. The summed E-state index contributed by atoms with van der Waals surface area (Å²) in [5.41, 5.74) is 2.14. The minimum Gasteiger partial charge on any atom is -0.378 e. The summed E-state index contributed by atoms with van der Waals surface area (Å²) in [5, 5.41) is 0. The summed E-state index contributed by atoms with van der Waals surface area (Å²) < 4.78 is 5.33. The third-order valence-corrected chi connectivity index (χ3v) is 2.58. The molecule has 3 heteroatoms. The molecule has 1 aromatic heterocycles. The maximum absolute atomic E-state index is 5.33. The smallest absolute Gasteiger partial charge is 0.136 e. The lowest BCUT2D eigenvalue weighted by Gasteiger charge is -2.29. The number of nitrogens with zero attached hydrogens (tertiary/aromatic N) is 2. The summed E-state index contributed by atoms with van der Waals surface area (Å²) in [6.45, 7) is 9.22. The van der Waals surface area contributed by atoms with E-state index in [1.807, 2.05) is 19.1 Å². The zero-order valence-corrected chi connectivity index (χ0v) is 9.07. The van der Waals surface area contributed by atoms with Crippen LogP contribution in [0.15, 0.2) is 18.7 Å². The molecule has 0 bridgehead atoms. The van der Waals surface area contributed by atoms with Gasteiger partial charge in [0.15, 0.2) is 0 Å². The van der Waals surface area contributed by atoms with Crippen LogP contribution < -0.4 is 4.90 Å². The Balaban J connectivity index is 2.31. The summed E-state index contributed by atoms with van der Waals surface area (Å²) in [4.78, 5) is 6.82. The highest BCUT2D eigenvalue weighted by atomic mass is 16.5. The molecule has 0 spiro atoms. The lowest BCUT2D eigenvalue weighted by Crippen LogP contribution is -2.37. The fourth-order valence-corrected chi connectivity index (χ4v) is 1.74. The van der Waals surface area contributed by atoms with E-state index in [9.17, 15) is 0 Å². The largest absolute Gasteiger partial charge is 0.378 e. The normalized spacial score (nSPS) is 16.5. The van der Waals surface area contributed by atoms with Crippen LogP contribution in [0.1, 0.15) is 11.3 Å². The van der Waals surface area contributed by atoms with E-state index >= 15 is 0 Å². The highest BCUT2D eigenvalue weighted by molar-refractivity contribution is 5.63. The second kappa shape index (κ2) is 4.45. The molecule has 0 saturated carbocycles. The van der Waals surface area contributed by atoms with Crippen LogP contribution in [0.25, 0.3) is 6.08 Å². The maximum atomic E-state index is 5.33. The van der Waals surface area contributed by atoms with Crippen molar-refractivity contribution in [2.45, 2.75) is 6.92 Å². The number of hydrogen-bond donors (Lipinski definition) is 0. The van der Waals surface area contributed by atoms with Crippen LogP contribution in [0.3, 0.4) is 0 Å². The van der Waals surface area contributed by atoms with Crippen LogP contribution in [-0.2, 0) is 4.74 Å². The van der Waals surface area contributed by atoms with E-state index in [1.165, 1.54) is 0 Å². The van der Waals surface area contributed by atoms with Gasteiger partial charge < -0.3 is 9.64 Å². The monoisotopic (exact) mass is 204 g/mol. The van der Waals surface area contributed by atoms with E-state index in [-0.39, 0.29) is 0 Å². The van der Waals surface area contributed by atoms with Gasteiger partial charge in [0, 0.05) is 24.3 Å². The first-order valence-corrected chi connectivity index (χ1v) is 5.24. The molecule has 0 aliphatic carbocycles. The van der Waals surface area contributed by atoms with Crippen molar-refractivity contribution in [1.82, 2.24) is 4.98 Å². The first kappa shape index (κ1) is 10.2. The average molecular weight is 204 g/mol. The maximum Gasteiger partial charge on any atom is 0.136 e. The number of ether oxygens (including phenoxy) is 1.